The average molecular weight is 374 g/mol. The number of amides is 1. The lowest BCUT2D eigenvalue weighted by molar-refractivity contribution is -0.126. The minimum Gasteiger partial charge on any atom is -0.355 e. The second-order valence-electron chi connectivity index (χ2n) is 5.86. The predicted octanol–water partition coefficient (Wildman–Crippen LogP) is 1.56. The molecule has 1 heterocycles. The topological polar surface area (TPSA) is 69.7 Å². The zero-order chi connectivity index (χ0) is 17.7. The Kier molecular flexibility index (Phi) is 6.62. The zero-order valence-electron chi connectivity index (χ0n) is 14.0. The molecule has 0 saturated carbocycles. The fourth-order valence-electron chi connectivity index (χ4n) is 2.65. The summed E-state index contributed by atoms with van der Waals surface area (Å²) < 4.78 is 26.7. The van der Waals surface area contributed by atoms with Gasteiger partial charge in [0.1, 0.15) is 0 Å². The van der Waals surface area contributed by atoms with E-state index >= 15 is 0 Å². The maximum Gasteiger partial charge on any atom is 0.243 e. The van der Waals surface area contributed by atoms with E-state index in [0.717, 1.165) is 6.42 Å². The molecule has 2 rings (SSSR count). The number of hydrogen-bond acceptors (Lipinski definition) is 4. The number of nitrogens with zero attached hydrogens (tertiary/aromatic N) is 2. The quantitative estimate of drug-likeness (QED) is 0.821. The number of carbonyl (C=O) groups is 1. The second-order valence-corrected chi connectivity index (χ2v) is 8.24. The fraction of sp³-hybridized carbons (Fsp3) is 0.562. The first kappa shape index (κ1) is 19.2. The van der Waals surface area contributed by atoms with Crippen LogP contribution in [0.2, 0.25) is 5.02 Å². The molecule has 1 N–H and O–H groups in total. The van der Waals surface area contributed by atoms with E-state index in [0.29, 0.717) is 37.7 Å². The molecule has 134 valence electrons. The van der Waals surface area contributed by atoms with E-state index in [-0.39, 0.29) is 16.8 Å². The number of sulfonamides is 1. The highest BCUT2D eigenvalue weighted by molar-refractivity contribution is 7.89. The lowest BCUT2D eigenvalue weighted by atomic mass is 10.2. The molecular weight excluding hydrogens is 350 g/mol. The maximum absolute atomic E-state index is 12.6. The molecular formula is C16H24ClN3O3S. The Balaban J connectivity index is 1.96. The normalized spacial score (nSPS) is 18.3. The van der Waals surface area contributed by atoms with Gasteiger partial charge in [-0.1, -0.05) is 18.5 Å². The zero-order valence-corrected chi connectivity index (χ0v) is 15.6. The summed E-state index contributed by atoms with van der Waals surface area (Å²) in [4.78, 5) is 14.3. The first-order valence-corrected chi connectivity index (χ1v) is 9.95. The van der Waals surface area contributed by atoms with Crippen LogP contribution in [0.15, 0.2) is 29.2 Å². The van der Waals surface area contributed by atoms with Crippen molar-refractivity contribution in [2.45, 2.75) is 31.2 Å². The van der Waals surface area contributed by atoms with Crippen LogP contribution in [0.1, 0.15) is 20.3 Å². The Labute approximate surface area is 148 Å². The van der Waals surface area contributed by atoms with Crippen LogP contribution in [0.4, 0.5) is 0 Å². The summed E-state index contributed by atoms with van der Waals surface area (Å²) in [5.41, 5.74) is 0. The molecule has 1 saturated heterocycles. The van der Waals surface area contributed by atoms with Gasteiger partial charge in [-0.05, 0) is 37.6 Å². The van der Waals surface area contributed by atoms with Gasteiger partial charge in [0, 0.05) is 37.7 Å². The summed E-state index contributed by atoms with van der Waals surface area (Å²) in [5.74, 6) is -0.00846. The van der Waals surface area contributed by atoms with Crippen molar-refractivity contribution < 1.29 is 13.2 Å². The van der Waals surface area contributed by atoms with Gasteiger partial charge in [-0.15, -0.1) is 0 Å². The summed E-state index contributed by atoms with van der Waals surface area (Å²) >= 11 is 5.81. The van der Waals surface area contributed by atoms with E-state index in [4.69, 9.17) is 11.6 Å². The van der Waals surface area contributed by atoms with E-state index in [1.165, 1.54) is 16.4 Å². The summed E-state index contributed by atoms with van der Waals surface area (Å²) in [6.45, 7) is 6.33. The Bertz CT molecular complexity index is 656. The molecule has 0 spiro atoms. The summed E-state index contributed by atoms with van der Waals surface area (Å²) in [6, 6.07) is 5.93. The number of piperazine rings is 1. The molecule has 1 aliphatic heterocycles. The van der Waals surface area contributed by atoms with Crippen LogP contribution in [0.3, 0.4) is 0 Å². The molecule has 0 aliphatic carbocycles. The van der Waals surface area contributed by atoms with Gasteiger partial charge in [0.05, 0.1) is 10.9 Å². The van der Waals surface area contributed by atoms with Crippen LogP contribution in [0, 0.1) is 0 Å². The van der Waals surface area contributed by atoms with E-state index in [1.807, 2.05) is 18.7 Å². The molecule has 1 aliphatic rings. The van der Waals surface area contributed by atoms with Gasteiger partial charge in [-0.25, -0.2) is 8.42 Å². The molecule has 1 aromatic rings. The van der Waals surface area contributed by atoms with Gasteiger partial charge >= 0.3 is 0 Å². The molecule has 24 heavy (non-hydrogen) atoms. The van der Waals surface area contributed by atoms with Crippen LogP contribution < -0.4 is 5.32 Å². The van der Waals surface area contributed by atoms with E-state index < -0.39 is 10.0 Å². The van der Waals surface area contributed by atoms with Crippen molar-refractivity contribution in [3.05, 3.63) is 29.3 Å². The monoisotopic (exact) mass is 373 g/mol. The molecule has 0 radical (unpaired) electrons. The molecule has 1 amide bonds. The van der Waals surface area contributed by atoms with Crippen molar-refractivity contribution in [1.29, 1.82) is 0 Å². The third-order valence-electron chi connectivity index (χ3n) is 4.20. The number of benzene rings is 1. The van der Waals surface area contributed by atoms with Crippen molar-refractivity contribution in [3.63, 3.8) is 0 Å². The highest BCUT2D eigenvalue weighted by Crippen LogP contribution is 2.20. The third-order valence-corrected chi connectivity index (χ3v) is 6.37. The Morgan fingerprint density at radius 1 is 1.21 bits per heavy atom. The van der Waals surface area contributed by atoms with E-state index in [2.05, 4.69) is 5.32 Å². The summed E-state index contributed by atoms with van der Waals surface area (Å²) in [7, 11) is -3.51. The minimum atomic E-state index is -3.51. The smallest absolute Gasteiger partial charge is 0.243 e. The Morgan fingerprint density at radius 2 is 1.79 bits per heavy atom. The van der Waals surface area contributed by atoms with Crippen molar-refractivity contribution in [3.8, 4) is 0 Å². The first-order chi connectivity index (χ1) is 11.4. The van der Waals surface area contributed by atoms with E-state index in [9.17, 15) is 13.2 Å². The summed E-state index contributed by atoms with van der Waals surface area (Å²) in [5, 5.41) is 3.38. The first-order valence-electron chi connectivity index (χ1n) is 8.13. The van der Waals surface area contributed by atoms with Crippen molar-refractivity contribution in [2.75, 3.05) is 32.7 Å². The number of halogens is 1. The van der Waals surface area contributed by atoms with Crippen molar-refractivity contribution >= 4 is 27.5 Å². The number of rotatable bonds is 6. The lowest BCUT2D eigenvalue weighted by Gasteiger charge is -2.36. The number of nitrogens with one attached hydrogen (secondary N) is 1. The van der Waals surface area contributed by atoms with Crippen LogP contribution in [0.25, 0.3) is 0 Å². The molecule has 1 fully saturated rings. The lowest BCUT2D eigenvalue weighted by Crippen LogP contribution is -2.54. The van der Waals surface area contributed by atoms with Gasteiger partial charge in [-0.2, -0.15) is 4.31 Å². The molecule has 1 atom stereocenters. The van der Waals surface area contributed by atoms with Crippen molar-refractivity contribution in [2.24, 2.45) is 0 Å². The fourth-order valence-corrected chi connectivity index (χ4v) is 4.20. The summed E-state index contributed by atoms with van der Waals surface area (Å²) in [6.07, 6.45) is 0.894. The Hall–Kier alpha value is -1.15. The molecule has 0 unspecified atom stereocenters. The van der Waals surface area contributed by atoms with Crippen LogP contribution in [-0.4, -0.2) is 62.3 Å². The van der Waals surface area contributed by atoms with Crippen LogP contribution in [-0.2, 0) is 14.8 Å². The highest BCUT2D eigenvalue weighted by atomic mass is 35.5. The van der Waals surface area contributed by atoms with Crippen molar-refractivity contribution in [1.82, 2.24) is 14.5 Å². The second kappa shape index (κ2) is 8.29. The Morgan fingerprint density at radius 3 is 2.33 bits per heavy atom. The average Bonchev–Trinajstić information content (AvgIpc) is 2.59. The third kappa shape index (κ3) is 4.47. The van der Waals surface area contributed by atoms with E-state index in [1.54, 1.807) is 12.1 Å². The van der Waals surface area contributed by atoms with Gasteiger partial charge in [-0.3, -0.25) is 9.69 Å². The van der Waals surface area contributed by atoms with Gasteiger partial charge in [0.15, 0.2) is 0 Å². The van der Waals surface area contributed by atoms with Gasteiger partial charge in [0.25, 0.3) is 0 Å². The molecule has 0 bridgehead atoms. The predicted molar refractivity (Wildman–Crippen MR) is 94.5 cm³/mol. The molecule has 0 aromatic heterocycles. The standard InChI is InChI=1S/C16H24ClN3O3S/c1-3-8-18-16(21)13(2)19-9-11-20(12-10-19)24(22,23)15-6-4-14(17)5-7-15/h4-7,13H,3,8-12H2,1-2H3,(H,18,21)/t13-/m0/s1. The minimum absolute atomic E-state index is 0.00846. The molecule has 6 nitrogen and oxygen atoms in total. The maximum atomic E-state index is 12.6. The molecule has 1 aromatic carbocycles. The number of hydrogen-bond donors (Lipinski definition) is 1. The van der Waals surface area contributed by atoms with Crippen LogP contribution >= 0.6 is 11.6 Å². The number of carbonyl (C=O) groups excluding carboxylic acids is 1. The molecule has 8 heteroatoms. The van der Waals surface area contributed by atoms with Crippen LogP contribution in [0.5, 0.6) is 0 Å². The van der Waals surface area contributed by atoms with Gasteiger partial charge in [0.2, 0.25) is 15.9 Å². The largest absolute Gasteiger partial charge is 0.355 e. The SMILES string of the molecule is CCCNC(=O)[C@H](C)N1CCN(S(=O)(=O)c2ccc(Cl)cc2)CC1. The van der Waals surface area contributed by atoms with Gasteiger partial charge < -0.3 is 5.32 Å². The highest BCUT2D eigenvalue weighted by Gasteiger charge is 2.31.